The molecule has 0 fully saturated rings. The van der Waals surface area contributed by atoms with Gasteiger partial charge in [-0.1, -0.05) is 42.0 Å². The van der Waals surface area contributed by atoms with Crippen molar-refractivity contribution in [3.8, 4) is 5.75 Å². The number of benzene rings is 3. The number of fused-ring (bicyclic) bond motifs is 1. The van der Waals surface area contributed by atoms with E-state index in [1.165, 1.54) is 4.31 Å². The number of ether oxygens (including phenoxy) is 1. The molecule has 0 bridgehead atoms. The van der Waals surface area contributed by atoms with Gasteiger partial charge in [-0.25, -0.2) is 8.42 Å². The normalized spacial score (nSPS) is 15.8. The van der Waals surface area contributed by atoms with Crippen molar-refractivity contribution in [2.45, 2.75) is 17.9 Å². The van der Waals surface area contributed by atoms with Crippen LogP contribution in [0.5, 0.6) is 5.75 Å². The number of sulfonamides is 1. The molecule has 1 aliphatic heterocycles. The van der Waals surface area contributed by atoms with Gasteiger partial charge in [0.2, 0.25) is 0 Å². The molecule has 0 saturated heterocycles. The maximum absolute atomic E-state index is 13.4. The second-order valence-electron chi connectivity index (χ2n) is 6.89. The first-order valence-electron chi connectivity index (χ1n) is 9.27. The Bertz CT molecular complexity index is 1200. The Kier molecular flexibility index (Phi) is 5.53. The summed E-state index contributed by atoms with van der Waals surface area (Å²) >= 11 is 3.39. The van der Waals surface area contributed by atoms with E-state index < -0.39 is 22.0 Å². The predicted molar refractivity (Wildman–Crippen MR) is 119 cm³/mol. The van der Waals surface area contributed by atoms with Crippen LogP contribution >= 0.6 is 15.9 Å². The van der Waals surface area contributed by atoms with Crippen molar-refractivity contribution in [1.82, 2.24) is 0 Å². The molecule has 1 amide bonds. The Balaban J connectivity index is 1.68. The molecule has 0 aromatic heterocycles. The lowest BCUT2D eigenvalue weighted by atomic mass is 10.2. The average molecular weight is 487 g/mol. The molecule has 0 aliphatic carbocycles. The van der Waals surface area contributed by atoms with Gasteiger partial charge < -0.3 is 10.1 Å². The molecule has 3 aromatic carbocycles. The van der Waals surface area contributed by atoms with Crippen LogP contribution in [0.3, 0.4) is 0 Å². The molecule has 0 unspecified atom stereocenters. The number of hydrogen-bond acceptors (Lipinski definition) is 4. The molecule has 8 heteroatoms. The lowest BCUT2D eigenvalue weighted by Gasteiger charge is -2.34. The fourth-order valence-electron chi connectivity index (χ4n) is 3.18. The van der Waals surface area contributed by atoms with Gasteiger partial charge in [0.1, 0.15) is 5.75 Å². The third kappa shape index (κ3) is 3.93. The highest BCUT2D eigenvalue weighted by Crippen LogP contribution is 2.37. The summed E-state index contributed by atoms with van der Waals surface area (Å²) in [4.78, 5) is 13.1. The highest BCUT2D eigenvalue weighted by molar-refractivity contribution is 9.10. The number of rotatable bonds is 4. The van der Waals surface area contributed by atoms with Crippen molar-refractivity contribution in [2.75, 3.05) is 16.2 Å². The molecular formula is C22H19BrN2O4S. The Hall–Kier alpha value is -2.84. The van der Waals surface area contributed by atoms with Gasteiger partial charge in [-0.15, -0.1) is 0 Å². The SMILES string of the molecule is Cc1ccc(S(=O)(=O)N2C[C@@H](C(=O)Nc3ccccc3Br)Oc3ccccc32)cc1. The molecule has 3 aromatic rings. The van der Waals surface area contributed by atoms with Crippen LogP contribution in [0.4, 0.5) is 11.4 Å². The van der Waals surface area contributed by atoms with Gasteiger partial charge in [0.15, 0.2) is 6.10 Å². The summed E-state index contributed by atoms with van der Waals surface area (Å²) in [6, 6.07) is 20.6. The van der Waals surface area contributed by atoms with Crippen LogP contribution in [-0.4, -0.2) is 27.0 Å². The quantitative estimate of drug-likeness (QED) is 0.594. The van der Waals surface area contributed by atoms with E-state index in [4.69, 9.17) is 4.74 Å². The van der Waals surface area contributed by atoms with Crippen LogP contribution < -0.4 is 14.4 Å². The zero-order valence-corrected chi connectivity index (χ0v) is 18.5. The lowest BCUT2D eigenvalue weighted by molar-refractivity contribution is -0.122. The molecule has 0 spiro atoms. The number of carbonyl (C=O) groups excluding carboxylic acids is 1. The summed E-state index contributed by atoms with van der Waals surface area (Å²) in [5.41, 5.74) is 1.95. The van der Waals surface area contributed by atoms with Crippen molar-refractivity contribution in [1.29, 1.82) is 0 Å². The van der Waals surface area contributed by atoms with Crippen LogP contribution in [0.15, 0.2) is 82.2 Å². The molecule has 1 atom stereocenters. The fraction of sp³-hybridized carbons (Fsp3) is 0.136. The first-order chi connectivity index (χ1) is 14.4. The maximum Gasteiger partial charge on any atom is 0.267 e. The molecule has 0 saturated carbocycles. The summed E-state index contributed by atoms with van der Waals surface area (Å²) in [5.74, 6) is -0.0905. The van der Waals surface area contributed by atoms with E-state index >= 15 is 0 Å². The van der Waals surface area contributed by atoms with E-state index in [1.807, 2.05) is 13.0 Å². The molecule has 6 nitrogen and oxygen atoms in total. The van der Waals surface area contributed by atoms with Crippen molar-refractivity contribution in [2.24, 2.45) is 0 Å². The Morgan fingerprint density at radius 1 is 1.03 bits per heavy atom. The molecule has 1 N–H and O–H groups in total. The van der Waals surface area contributed by atoms with E-state index in [0.717, 1.165) is 10.0 Å². The van der Waals surface area contributed by atoms with Crippen molar-refractivity contribution < 1.29 is 17.9 Å². The maximum atomic E-state index is 13.4. The second kappa shape index (κ2) is 8.12. The van der Waals surface area contributed by atoms with Crippen molar-refractivity contribution in [3.63, 3.8) is 0 Å². The summed E-state index contributed by atoms with van der Waals surface area (Å²) in [7, 11) is -3.88. The topological polar surface area (TPSA) is 75.7 Å². The van der Waals surface area contributed by atoms with E-state index in [-0.39, 0.29) is 11.4 Å². The highest BCUT2D eigenvalue weighted by Gasteiger charge is 2.37. The molecule has 154 valence electrons. The highest BCUT2D eigenvalue weighted by atomic mass is 79.9. The number of nitrogens with zero attached hydrogens (tertiary/aromatic N) is 1. The molecule has 4 rings (SSSR count). The van der Waals surface area contributed by atoms with Gasteiger partial charge in [0, 0.05) is 4.47 Å². The standard InChI is InChI=1S/C22H19BrN2O4S/c1-15-10-12-16(13-11-15)30(27,28)25-14-21(29-20-9-5-4-8-19(20)25)22(26)24-18-7-3-2-6-17(18)23/h2-13,21H,14H2,1H3,(H,24,26)/t21-/m0/s1. The predicted octanol–water partition coefficient (Wildman–Crippen LogP) is 4.35. The zero-order chi connectivity index (χ0) is 21.3. The summed E-state index contributed by atoms with van der Waals surface area (Å²) in [6.45, 7) is 1.76. The lowest BCUT2D eigenvalue weighted by Crippen LogP contribution is -2.48. The van der Waals surface area contributed by atoms with E-state index in [1.54, 1.807) is 66.7 Å². The zero-order valence-electron chi connectivity index (χ0n) is 16.1. The minimum Gasteiger partial charge on any atom is -0.476 e. The summed E-state index contributed by atoms with van der Waals surface area (Å²) in [5, 5.41) is 2.80. The molecule has 0 radical (unpaired) electrons. The average Bonchev–Trinajstić information content (AvgIpc) is 2.74. The van der Waals surface area contributed by atoms with E-state index in [9.17, 15) is 13.2 Å². The summed E-state index contributed by atoms with van der Waals surface area (Å²) in [6.07, 6.45) is -1.01. The minimum absolute atomic E-state index is 0.135. The van der Waals surface area contributed by atoms with Crippen LogP contribution in [-0.2, 0) is 14.8 Å². The molecular weight excluding hydrogens is 468 g/mol. The summed E-state index contributed by atoms with van der Waals surface area (Å²) < 4.78 is 34.6. The van der Waals surface area contributed by atoms with Gasteiger partial charge in [-0.3, -0.25) is 9.10 Å². The second-order valence-corrected chi connectivity index (χ2v) is 9.61. The van der Waals surface area contributed by atoms with Crippen LogP contribution in [0.25, 0.3) is 0 Å². The number of carbonyl (C=O) groups is 1. The number of halogens is 1. The number of aryl methyl sites for hydroxylation is 1. The number of hydrogen-bond donors (Lipinski definition) is 1. The van der Waals surface area contributed by atoms with E-state index in [0.29, 0.717) is 17.1 Å². The molecule has 1 heterocycles. The number of para-hydroxylation sites is 3. The molecule has 30 heavy (non-hydrogen) atoms. The minimum atomic E-state index is -3.88. The third-order valence-corrected chi connectivity index (χ3v) is 7.25. The third-order valence-electron chi connectivity index (χ3n) is 4.77. The van der Waals surface area contributed by atoms with Crippen molar-refractivity contribution >= 4 is 43.2 Å². The van der Waals surface area contributed by atoms with E-state index in [2.05, 4.69) is 21.2 Å². The molecule has 1 aliphatic rings. The van der Waals surface area contributed by atoms with Crippen LogP contribution in [0.1, 0.15) is 5.56 Å². The van der Waals surface area contributed by atoms with Crippen LogP contribution in [0.2, 0.25) is 0 Å². The van der Waals surface area contributed by atoms with Crippen LogP contribution in [0, 0.1) is 6.92 Å². The fourth-order valence-corrected chi connectivity index (χ4v) is 5.04. The van der Waals surface area contributed by atoms with Gasteiger partial charge in [0.05, 0.1) is 22.8 Å². The number of anilines is 2. The Morgan fingerprint density at radius 3 is 2.43 bits per heavy atom. The first kappa shape index (κ1) is 20.4. The Morgan fingerprint density at radius 2 is 1.70 bits per heavy atom. The largest absolute Gasteiger partial charge is 0.476 e. The smallest absolute Gasteiger partial charge is 0.267 e. The first-order valence-corrected chi connectivity index (χ1v) is 11.5. The number of nitrogens with one attached hydrogen (secondary N) is 1. The Labute approximate surface area is 183 Å². The van der Waals surface area contributed by atoms with Gasteiger partial charge in [-0.2, -0.15) is 0 Å². The number of amides is 1. The van der Waals surface area contributed by atoms with Crippen molar-refractivity contribution in [3.05, 3.63) is 82.8 Å². The monoisotopic (exact) mass is 486 g/mol. The van der Waals surface area contributed by atoms with Gasteiger partial charge >= 0.3 is 0 Å². The van der Waals surface area contributed by atoms with Gasteiger partial charge in [-0.05, 0) is 59.3 Å². The van der Waals surface area contributed by atoms with Gasteiger partial charge in [0.25, 0.3) is 15.9 Å².